The Hall–Kier alpha value is -3.38. The number of benzene rings is 2. The molecule has 0 aliphatic carbocycles. The van der Waals surface area contributed by atoms with E-state index in [1.165, 1.54) is 0 Å². The van der Waals surface area contributed by atoms with E-state index in [1.807, 2.05) is 42.5 Å². The summed E-state index contributed by atoms with van der Waals surface area (Å²) in [5, 5.41) is 3.46. The lowest BCUT2D eigenvalue weighted by Crippen LogP contribution is -2.32. The van der Waals surface area contributed by atoms with Gasteiger partial charge in [-0.3, -0.25) is 14.6 Å². The predicted octanol–water partition coefficient (Wildman–Crippen LogP) is 4.36. The number of rotatable bonds is 5. The van der Waals surface area contributed by atoms with Crippen molar-refractivity contribution >= 4 is 40.7 Å². The molecule has 2 heterocycles. The van der Waals surface area contributed by atoms with Crippen LogP contribution in [0.25, 0.3) is 0 Å². The molecule has 1 aliphatic heterocycles. The standard InChI is InChI=1S/C22H19ClN4O2/c23-17-8-6-16(7-9-17)14-21(28)25-18-10-11-20(24-15-18)27-13-12-26(22(27)29)19-4-2-1-3-5-19/h1-11,15H,12-14H2,(H,25,28). The van der Waals surface area contributed by atoms with E-state index in [1.54, 1.807) is 40.3 Å². The number of nitrogens with one attached hydrogen (secondary N) is 1. The summed E-state index contributed by atoms with van der Waals surface area (Å²) < 4.78 is 0. The third-order valence-corrected chi connectivity index (χ3v) is 4.91. The van der Waals surface area contributed by atoms with Crippen LogP contribution in [0.1, 0.15) is 5.56 Å². The molecule has 1 N–H and O–H groups in total. The van der Waals surface area contributed by atoms with Gasteiger partial charge in [-0.1, -0.05) is 41.9 Å². The molecule has 7 heteroatoms. The van der Waals surface area contributed by atoms with Gasteiger partial charge in [-0.15, -0.1) is 0 Å². The highest BCUT2D eigenvalue weighted by Gasteiger charge is 2.31. The summed E-state index contributed by atoms with van der Waals surface area (Å²) in [4.78, 5) is 32.7. The topological polar surface area (TPSA) is 65.5 Å². The maximum absolute atomic E-state index is 12.7. The summed E-state index contributed by atoms with van der Waals surface area (Å²) in [7, 11) is 0. The first kappa shape index (κ1) is 19.0. The van der Waals surface area contributed by atoms with Gasteiger partial charge < -0.3 is 5.32 Å². The first-order valence-electron chi connectivity index (χ1n) is 9.24. The minimum absolute atomic E-state index is 0.108. The van der Waals surface area contributed by atoms with Gasteiger partial charge >= 0.3 is 6.03 Å². The predicted molar refractivity (Wildman–Crippen MR) is 115 cm³/mol. The van der Waals surface area contributed by atoms with E-state index in [9.17, 15) is 9.59 Å². The van der Waals surface area contributed by atoms with Crippen LogP contribution in [0.15, 0.2) is 72.9 Å². The third-order valence-electron chi connectivity index (χ3n) is 4.66. The first-order chi connectivity index (χ1) is 14.1. The van der Waals surface area contributed by atoms with Crippen molar-refractivity contribution in [1.82, 2.24) is 4.98 Å². The summed E-state index contributed by atoms with van der Waals surface area (Å²) >= 11 is 5.86. The molecule has 1 fully saturated rings. The van der Waals surface area contributed by atoms with Crippen LogP contribution in [0.4, 0.5) is 22.0 Å². The van der Waals surface area contributed by atoms with Gasteiger partial charge in [0.25, 0.3) is 0 Å². The Bertz CT molecular complexity index is 1010. The molecule has 0 radical (unpaired) electrons. The van der Waals surface area contributed by atoms with E-state index in [-0.39, 0.29) is 18.4 Å². The van der Waals surface area contributed by atoms with Gasteiger partial charge in [0.1, 0.15) is 5.82 Å². The molecule has 4 rings (SSSR count). The molecule has 3 amide bonds. The molecule has 1 saturated heterocycles. The lowest BCUT2D eigenvalue weighted by Gasteiger charge is -2.18. The molecule has 0 bridgehead atoms. The van der Waals surface area contributed by atoms with Crippen molar-refractivity contribution < 1.29 is 9.59 Å². The van der Waals surface area contributed by atoms with Crippen molar-refractivity contribution in [1.29, 1.82) is 0 Å². The van der Waals surface area contributed by atoms with Crippen LogP contribution < -0.4 is 15.1 Å². The van der Waals surface area contributed by atoms with Crippen LogP contribution >= 0.6 is 11.6 Å². The summed E-state index contributed by atoms with van der Waals surface area (Å²) in [5.74, 6) is 0.415. The fraction of sp³-hybridized carbons (Fsp3) is 0.136. The molecule has 0 atom stereocenters. The van der Waals surface area contributed by atoms with Crippen molar-refractivity contribution in [2.75, 3.05) is 28.2 Å². The Kier molecular flexibility index (Phi) is 5.44. The van der Waals surface area contributed by atoms with Crippen molar-refractivity contribution in [3.05, 3.63) is 83.5 Å². The molecule has 1 aromatic heterocycles. The van der Waals surface area contributed by atoms with E-state index in [0.717, 1.165) is 11.3 Å². The van der Waals surface area contributed by atoms with Crippen LogP contribution in [0.5, 0.6) is 0 Å². The minimum atomic E-state index is -0.144. The minimum Gasteiger partial charge on any atom is -0.324 e. The van der Waals surface area contributed by atoms with Gasteiger partial charge in [-0.2, -0.15) is 0 Å². The number of hydrogen-bond donors (Lipinski definition) is 1. The zero-order valence-corrected chi connectivity index (χ0v) is 16.3. The van der Waals surface area contributed by atoms with Gasteiger partial charge in [0.05, 0.1) is 18.3 Å². The molecule has 146 valence electrons. The summed E-state index contributed by atoms with van der Waals surface area (Å²) in [6.07, 6.45) is 1.81. The second-order valence-electron chi connectivity index (χ2n) is 6.68. The number of pyridine rings is 1. The number of hydrogen-bond acceptors (Lipinski definition) is 3. The Labute approximate surface area is 173 Å². The number of halogens is 1. The summed E-state index contributed by atoms with van der Waals surface area (Å²) in [5.41, 5.74) is 2.32. The SMILES string of the molecule is O=C(Cc1ccc(Cl)cc1)Nc1ccc(N2CCN(c3ccccc3)C2=O)nc1. The average Bonchev–Trinajstić information content (AvgIpc) is 3.12. The number of para-hydroxylation sites is 1. The second-order valence-corrected chi connectivity index (χ2v) is 7.11. The lowest BCUT2D eigenvalue weighted by molar-refractivity contribution is -0.115. The molecule has 2 aromatic carbocycles. The Morgan fingerprint density at radius 1 is 0.966 bits per heavy atom. The number of carbonyl (C=O) groups is 2. The zero-order valence-electron chi connectivity index (χ0n) is 15.6. The molecular formula is C22H19ClN4O2. The highest BCUT2D eigenvalue weighted by atomic mass is 35.5. The Morgan fingerprint density at radius 3 is 2.38 bits per heavy atom. The molecule has 0 spiro atoms. The maximum Gasteiger partial charge on any atom is 0.330 e. The fourth-order valence-electron chi connectivity index (χ4n) is 3.21. The van der Waals surface area contributed by atoms with Crippen molar-refractivity contribution in [3.8, 4) is 0 Å². The van der Waals surface area contributed by atoms with Gasteiger partial charge in [-0.05, 0) is 42.0 Å². The molecule has 3 aromatic rings. The first-order valence-corrected chi connectivity index (χ1v) is 9.62. The van der Waals surface area contributed by atoms with Gasteiger partial charge in [-0.25, -0.2) is 9.78 Å². The van der Waals surface area contributed by atoms with E-state index in [0.29, 0.717) is 29.6 Å². The molecule has 0 unspecified atom stereocenters. The van der Waals surface area contributed by atoms with E-state index in [2.05, 4.69) is 10.3 Å². The average molecular weight is 407 g/mol. The monoisotopic (exact) mass is 406 g/mol. The largest absolute Gasteiger partial charge is 0.330 e. The highest BCUT2D eigenvalue weighted by molar-refractivity contribution is 6.30. The zero-order chi connectivity index (χ0) is 20.2. The van der Waals surface area contributed by atoms with E-state index >= 15 is 0 Å². The van der Waals surface area contributed by atoms with Crippen LogP contribution in [0.3, 0.4) is 0 Å². The van der Waals surface area contributed by atoms with Crippen LogP contribution in [-0.2, 0) is 11.2 Å². The number of nitrogens with zero attached hydrogens (tertiary/aromatic N) is 3. The molecule has 6 nitrogen and oxygen atoms in total. The smallest absolute Gasteiger partial charge is 0.324 e. The lowest BCUT2D eigenvalue weighted by atomic mass is 10.1. The van der Waals surface area contributed by atoms with Gasteiger partial charge in [0.15, 0.2) is 0 Å². The summed E-state index contributed by atoms with van der Waals surface area (Å²) in [6.45, 7) is 1.16. The molecule has 0 saturated carbocycles. The Morgan fingerprint density at radius 2 is 1.69 bits per heavy atom. The molecular weight excluding hydrogens is 388 g/mol. The fourth-order valence-corrected chi connectivity index (χ4v) is 3.34. The second kappa shape index (κ2) is 8.32. The van der Waals surface area contributed by atoms with Gasteiger partial charge in [0.2, 0.25) is 5.91 Å². The number of amides is 3. The molecule has 29 heavy (non-hydrogen) atoms. The third kappa shape index (κ3) is 4.38. The van der Waals surface area contributed by atoms with Crippen LogP contribution in [-0.4, -0.2) is 30.0 Å². The Balaban J connectivity index is 1.38. The maximum atomic E-state index is 12.7. The number of urea groups is 1. The van der Waals surface area contributed by atoms with Gasteiger partial charge in [0, 0.05) is 23.8 Å². The highest BCUT2D eigenvalue weighted by Crippen LogP contribution is 2.24. The van der Waals surface area contributed by atoms with Crippen LogP contribution in [0.2, 0.25) is 5.02 Å². The normalized spacial score (nSPS) is 13.6. The van der Waals surface area contributed by atoms with Crippen molar-refractivity contribution in [2.24, 2.45) is 0 Å². The quantitative estimate of drug-likeness (QED) is 0.684. The van der Waals surface area contributed by atoms with Crippen molar-refractivity contribution in [2.45, 2.75) is 6.42 Å². The van der Waals surface area contributed by atoms with Crippen molar-refractivity contribution in [3.63, 3.8) is 0 Å². The number of aromatic nitrogens is 1. The number of carbonyl (C=O) groups excluding carboxylic acids is 2. The van der Waals surface area contributed by atoms with E-state index in [4.69, 9.17) is 11.6 Å². The van der Waals surface area contributed by atoms with Crippen LogP contribution in [0, 0.1) is 0 Å². The number of anilines is 3. The van der Waals surface area contributed by atoms with E-state index < -0.39 is 0 Å². The summed E-state index contributed by atoms with van der Waals surface area (Å²) in [6, 6.07) is 20.1. The molecule has 1 aliphatic rings.